The van der Waals surface area contributed by atoms with Gasteiger partial charge in [-0.3, -0.25) is 4.79 Å². The molecule has 1 aromatic heterocycles. The number of carbonyl (C=O) groups is 1. The van der Waals surface area contributed by atoms with Crippen LogP contribution in [0, 0.1) is 0 Å². The van der Waals surface area contributed by atoms with E-state index in [1.807, 2.05) is 60.7 Å². The molecule has 0 spiro atoms. The van der Waals surface area contributed by atoms with Crippen molar-refractivity contribution in [2.24, 2.45) is 0 Å². The zero-order valence-corrected chi connectivity index (χ0v) is 12.0. The molecule has 0 radical (unpaired) electrons. The number of rotatable bonds is 3. The summed E-state index contributed by atoms with van der Waals surface area (Å²) in [6, 6.07) is 18.6. The number of nitrogen functional groups attached to an aromatic ring is 1. The van der Waals surface area contributed by atoms with Crippen LogP contribution in [0.2, 0.25) is 0 Å². The summed E-state index contributed by atoms with van der Waals surface area (Å²) in [6.07, 6.45) is 0. The van der Waals surface area contributed by atoms with Crippen molar-refractivity contribution in [3.8, 4) is 5.69 Å². The van der Waals surface area contributed by atoms with Crippen LogP contribution in [-0.2, 0) is 0 Å². The maximum absolute atomic E-state index is 12.5. The fourth-order valence-electron chi connectivity index (χ4n) is 2.13. The van der Waals surface area contributed by atoms with Crippen LogP contribution in [0.25, 0.3) is 5.69 Å². The molecule has 2 aromatic carbocycles. The minimum atomic E-state index is -0.300. The lowest BCUT2D eigenvalue weighted by Crippen LogP contribution is -2.27. The van der Waals surface area contributed by atoms with Crippen LogP contribution in [0.3, 0.4) is 0 Å². The minimum Gasteiger partial charge on any atom is -0.382 e. The Balaban J connectivity index is 1.93. The summed E-state index contributed by atoms with van der Waals surface area (Å²) >= 11 is 0. The van der Waals surface area contributed by atoms with E-state index < -0.39 is 0 Å². The van der Waals surface area contributed by atoms with Crippen molar-refractivity contribution in [2.75, 3.05) is 17.7 Å². The quantitative estimate of drug-likeness (QED) is 0.802. The molecular weight excluding hydrogens is 278 g/mol. The van der Waals surface area contributed by atoms with E-state index in [4.69, 9.17) is 5.73 Å². The second kappa shape index (κ2) is 5.69. The predicted molar refractivity (Wildman–Crippen MR) is 84.9 cm³/mol. The summed E-state index contributed by atoms with van der Waals surface area (Å²) in [5.74, 6) is -0.0788. The fraction of sp³-hybridized carbons (Fsp3) is 0.0625. The predicted octanol–water partition coefficient (Wildman–Crippen LogP) is 2.13. The number of anilines is 2. The van der Waals surface area contributed by atoms with E-state index in [1.165, 1.54) is 9.58 Å². The molecule has 3 aromatic rings. The maximum atomic E-state index is 12.5. The lowest BCUT2D eigenvalue weighted by Gasteiger charge is -2.15. The van der Waals surface area contributed by atoms with Crippen molar-refractivity contribution >= 4 is 17.4 Å². The molecule has 1 amide bonds. The zero-order chi connectivity index (χ0) is 15.5. The van der Waals surface area contributed by atoms with E-state index in [-0.39, 0.29) is 17.4 Å². The number of hydrogen-bond acceptors (Lipinski definition) is 4. The topological polar surface area (TPSA) is 77.0 Å². The molecule has 0 fully saturated rings. The lowest BCUT2D eigenvalue weighted by atomic mass is 10.2. The molecule has 110 valence electrons. The number of hydrogen-bond donors (Lipinski definition) is 1. The minimum absolute atomic E-state index is 0.134. The Hall–Kier alpha value is -3.15. The molecule has 6 nitrogen and oxygen atoms in total. The molecule has 0 saturated heterocycles. The summed E-state index contributed by atoms with van der Waals surface area (Å²) in [4.78, 5) is 14.0. The van der Waals surface area contributed by atoms with Gasteiger partial charge in [0.25, 0.3) is 5.91 Å². The smallest absolute Gasteiger partial charge is 0.282 e. The Morgan fingerprint density at radius 1 is 1.05 bits per heavy atom. The Labute approximate surface area is 127 Å². The number of aromatic nitrogens is 3. The highest BCUT2D eigenvalue weighted by atomic mass is 16.2. The third kappa shape index (κ3) is 2.42. The molecule has 0 aliphatic heterocycles. The van der Waals surface area contributed by atoms with Crippen LogP contribution in [-0.4, -0.2) is 27.9 Å². The van der Waals surface area contributed by atoms with E-state index in [0.29, 0.717) is 0 Å². The second-order valence-electron chi connectivity index (χ2n) is 4.77. The summed E-state index contributed by atoms with van der Waals surface area (Å²) in [5, 5.41) is 7.91. The number of nitrogens with zero attached hydrogens (tertiary/aromatic N) is 4. The monoisotopic (exact) mass is 293 g/mol. The first kappa shape index (κ1) is 13.8. The third-order valence-corrected chi connectivity index (χ3v) is 3.36. The molecular formula is C16H15N5O. The third-order valence-electron chi connectivity index (χ3n) is 3.36. The first-order chi connectivity index (χ1) is 10.7. The highest BCUT2D eigenvalue weighted by Crippen LogP contribution is 2.19. The van der Waals surface area contributed by atoms with Crippen molar-refractivity contribution in [1.29, 1.82) is 0 Å². The van der Waals surface area contributed by atoms with Crippen LogP contribution in [0.15, 0.2) is 60.7 Å². The van der Waals surface area contributed by atoms with E-state index in [0.717, 1.165) is 11.4 Å². The van der Waals surface area contributed by atoms with Gasteiger partial charge in [-0.1, -0.05) is 41.6 Å². The molecule has 0 unspecified atom stereocenters. The molecule has 0 aliphatic rings. The Bertz CT molecular complexity index is 783. The average molecular weight is 293 g/mol. The van der Waals surface area contributed by atoms with Gasteiger partial charge in [-0.2, -0.15) is 4.68 Å². The summed E-state index contributed by atoms with van der Waals surface area (Å²) in [7, 11) is 1.68. The van der Waals surface area contributed by atoms with Crippen LogP contribution in [0.5, 0.6) is 0 Å². The fourth-order valence-corrected chi connectivity index (χ4v) is 2.13. The number of benzene rings is 2. The van der Waals surface area contributed by atoms with E-state index in [1.54, 1.807) is 7.05 Å². The van der Waals surface area contributed by atoms with Crippen LogP contribution < -0.4 is 10.6 Å². The average Bonchev–Trinajstić information content (AvgIpc) is 2.96. The summed E-state index contributed by atoms with van der Waals surface area (Å²) in [5.41, 5.74) is 7.70. The van der Waals surface area contributed by atoms with Crippen molar-refractivity contribution < 1.29 is 4.79 Å². The maximum Gasteiger partial charge on any atom is 0.282 e. The molecule has 22 heavy (non-hydrogen) atoms. The Kier molecular flexibility index (Phi) is 3.57. The van der Waals surface area contributed by atoms with E-state index in [2.05, 4.69) is 10.3 Å². The van der Waals surface area contributed by atoms with E-state index >= 15 is 0 Å². The van der Waals surface area contributed by atoms with Gasteiger partial charge in [0, 0.05) is 12.7 Å². The van der Waals surface area contributed by atoms with Gasteiger partial charge in [-0.25, -0.2) is 0 Å². The van der Waals surface area contributed by atoms with Gasteiger partial charge < -0.3 is 10.6 Å². The van der Waals surface area contributed by atoms with Crippen LogP contribution >= 0.6 is 0 Å². The van der Waals surface area contributed by atoms with Gasteiger partial charge in [0.2, 0.25) is 0 Å². The molecule has 2 N–H and O–H groups in total. The Morgan fingerprint density at radius 2 is 1.64 bits per heavy atom. The molecule has 6 heteroatoms. The standard InChI is InChI=1S/C16H15N5O/c1-20(12-8-4-2-5-9-12)16(22)14-15(17)21(19-18-14)13-10-6-3-7-11-13/h2-11H,17H2,1H3. The lowest BCUT2D eigenvalue weighted by molar-refractivity contribution is 0.0989. The highest BCUT2D eigenvalue weighted by molar-refractivity contribution is 6.07. The van der Waals surface area contributed by atoms with Crippen LogP contribution in [0.1, 0.15) is 10.5 Å². The summed E-state index contributed by atoms with van der Waals surface area (Å²) in [6.45, 7) is 0. The highest BCUT2D eigenvalue weighted by Gasteiger charge is 2.22. The SMILES string of the molecule is CN(C(=O)c1nnn(-c2ccccc2)c1N)c1ccccc1. The molecule has 1 heterocycles. The number of para-hydroxylation sites is 2. The summed E-state index contributed by atoms with van der Waals surface area (Å²) < 4.78 is 1.45. The van der Waals surface area contributed by atoms with Gasteiger partial charge in [0.1, 0.15) is 0 Å². The largest absolute Gasteiger partial charge is 0.382 e. The van der Waals surface area contributed by atoms with Crippen molar-refractivity contribution in [2.45, 2.75) is 0 Å². The molecule has 0 bridgehead atoms. The van der Waals surface area contributed by atoms with Crippen molar-refractivity contribution in [1.82, 2.24) is 15.0 Å². The van der Waals surface area contributed by atoms with Crippen molar-refractivity contribution in [3.63, 3.8) is 0 Å². The second-order valence-corrected chi connectivity index (χ2v) is 4.77. The van der Waals surface area contributed by atoms with Crippen molar-refractivity contribution in [3.05, 3.63) is 66.4 Å². The van der Waals surface area contributed by atoms with E-state index in [9.17, 15) is 4.79 Å². The molecule has 0 atom stereocenters. The number of carbonyl (C=O) groups excluding carboxylic acids is 1. The van der Waals surface area contributed by atoms with Gasteiger partial charge in [0.05, 0.1) is 5.69 Å². The zero-order valence-electron chi connectivity index (χ0n) is 12.0. The first-order valence-corrected chi connectivity index (χ1v) is 6.78. The molecule has 0 saturated carbocycles. The first-order valence-electron chi connectivity index (χ1n) is 6.78. The van der Waals surface area contributed by atoms with Gasteiger partial charge in [-0.05, 0) is 24.3 Å². The van der Waals surface area contributed by atoms with Gasteiger partial charge in [-0.15, -0.1) is 5.10 Å². The number of nitrogens with two attached hydrogens (primary N) is 1. The van der Waals surface area contributed by atoms with Crippen LogP contribution in [0.4, 0.5) is 11.5 Å². The number of amides is 1. The van der Waals surface area contributed by atoms with Gasteiger partial charge >= 0.3 is 0 Å². The van der Waals surface area contributed by atoms with Gasteiger partial charge in [0.15, 0.2) is 11.5 Å². The normalized spacial score (nSPS) is 10.4. The molecule has 3 rings (SSSR count). The Morgan fingerprint density at radius 3 is 2.27 bits per heavy atom. The molecule has 0 aliphatic carbocycles.